The molecule has 7 nitrogen and oxygen atoms in total. The molecule has 0 unspecified atom stereocenters. The average molecular weight is 488 g/mol. The summed E-state index contributed by atoms with van der Waals surface area (Å²) in [4.78, 5) is 2.00. The lowest BCUT2D eigenvalue weighted by molar-refractivity contribution is 0.406. The second-order valence-electron chi connectivity index (χ2n) is 7.45. The highest BCUT2D eigenvalue weighted by atomic mass is 35.5. The van der Waals surface area contributed by atoms with E-state index in [1.54, 1.807) is 37.3 Å². The van der Waals surface area contributed by atoms with Gasteiger partial charge in [-0.05, 0) is 54.8 Å². The highest BCUT2D eigenvalue weighted by molar-refractivity contribution is 7.92. The van der Waals surface area contributed by atoms with Crippen molar-refractivity contribution in [3.8, 4) is 0 Å². The number of rotatable bonds is 11. The molecule has 31 heavy (non-hydrogen) atoms. The molecule has 0 aliphatic carbocycles. The monoisotopic (exact) mass is 487 g/mol. The van der Waals surface area contributed by atoms with Crippen molar-refractivity contribution in [1.29, 1.82) is 0 Å². The summed E-state index contributed by atoms with van der Waals surface area (Å²) < 4.78 is 55.0. The maximum absolute atomic E-state index is 13.3. The van der Waals surface area contributed by atoms with Crippen LogP contribution < -0.4 is 9.62 Å². The summed E-state index contributed by atoms with van der Waals surface area (Å²) in [6.45, 7) is 4.11. The summed E-state index contributed by atoms with van der Waals surface area (Å²) >= 11 is 6.01. The fourth-order valence-electron chi connectivity index (χ4n) is 3.21. The van der Waals surface area contributed by atoms with Gasteiger partial charge in [0.15, 0.2) is 0 Å². The minimum atomic E-state index is -3.79. The molecule has 10 heteroatoms. The van der Waals surface area contributed by atoms with Crippen molar-refractivity contribution in [1.82, 2.24) is 4.31 Å². The van der Waals surface area contributed by atoms with Gasteiger partial charge in [-0.2, -0.15) is 4.31 Å². The van der Waals surface area contributed by atoms with Gasteiger partial charge in [0.2, 0.25) is 20.0 Å². The van der Waals surface area contributed by atoms with Gasteiger partial charge in [0.1, 0.15) is 0 Å². The average Bonchev–Trinajstić information content (AvgIpc) is 2.67. The fourth-order valence-corrected chi connectivity index (χ4v) is 6.15. The van der Waals surface area contributed by atoms with Crippen LogP contribution in [0.3, 0.4) is 0 Å². The van der Waals surface area contributed by atoms with Gasteiger partial charge in [0.25, 0.3) is 0 Å². The van der Waals surface area contributed by atoms with E-state index in [-0.39, 0.29) is 17.2 Å². The topological polar surface area (TPSA) is 86.8 Å². The smallest absolute Gasteiger partial charge is 0.243 e. The lowest BCUT2D eigenvalue weighted by Crippen LogP contribution is -2.32. The van der Waals surface area contributed by atoms with Crippen molar-refractivity contribution in [3.05, 3.63) is 53.1 Å². The standard InChI is InChI=1S/C21H30ClN3O4S2/c1-5-12-25(31(28,29)20-9-7-8-18(22)15-20)16-17-14-19(10-11-21(17)24(3)4)23-30(26,27)13-6-2/h7-11,14-15,23H,5-6,12-13,16H2,1-4H3. The van der Waals surface area contributed by atoms with Crippen LogP contribution >= 0.6 is 11.6 Å². The second-order valence-corrected chi connectivity index (χ2v) is 11.7. The molecule has 172 valence electrons. The Kier molecular flexibility index (Phi) is 8.76. The third-order valence-electron chi connectivity index (χ3n) is 4.56. The first-order valence-electron chi connectivity index (χ1n) is 10.1. The Morgan fingerprint density at radius 2 is 1.68 bits per heavy atom. The summed E-state index contributed by atoms with van der Waals surface area (Å²) in [5.74, 6) is 0.0167. The molecule has 0 saturated carbocycles. The van der Waals surface area contributed by atoms with Crippen LogP contribution in [0.2, 0.25) is 5.02 Å². The molecule has 0 radical (unpaired) electrons. The van der Waals surface area contributed by atoms with E-state index in [4.69, 9.17) is 11.6 Å². The highest BCUT2D eigenvalue weighted by Crippen LogP contribution is 2.28. The van der Waals surface area contributed by atoms with E-state index in [9.17, 15) is 16.8 Å². The fraction of sp³-hybridized carbons (Fsp3) is 0.429. The number of anilines is 2. The molecular formula is C21H30ClN3O4S2. The third kappa shape index (κ3) is 6.83. The number of benzene rings is 2. The Morgan fingerprint density at radius 3 is 2.26 bits per heavy atom. The zero-order chi connectivity index (χ0) is 23.2. The first kappa shape index (κ1) is 25.5. The van der Waals surface area contributed by atoms with Gasteiger partial charge in [0, 0.05) is 43.6 Å². The van der Waals surface area contributed by atoms with E-state index in [2.05, 4.69) is 4.72 Å². The predicted molar refractivity (Wildman–Crippen MR) is 128 cm³/mol. The number of hydrogen-bond acceptors (Lipinski definition) is 5. The van der Waals surface area contributed by atoms with Crippen molar-refractivity contribution in [2.24, 2.45) is 0 Å². The SMILES string of the molecule is CCCN(Cc1cc(NS(=O)(=O)CCC)ccc1N(C)C)S(=O)(=O)c1cccc(Cl)c1. The first-order chi connectivity index (χ1) is 14.5. The minimum Gasteiger partial charge on any atom is -0.377 e. The maximum atomic E-state index is 13.3. The minimum absolute atomic E-state index is 0.0167. The number of halogens is 1. The molecule has 0 bridgehead atoms. The van der Waals surface area contributed by atoms with Crippen LogP contribution in [0.5, 0.6) is 0 Å². The van der Waals surface area contributed by atoms with Crippen LogP contribution in [0.4, 0.5) is 11.4 Å². The largest absolute Gasteiger partial charge is 0.377 e. The lowest BCUT2D eigenvalue weighted by atomic mass is 10.1. The second kappa shape index (κ2) is 10.7. The molecule has 0 fully saturated rings. The van der Waals surface area contributed by atoms with Crippen LogP contribution in [0.25, 0.3) is 0 Å². The van der Waals surface area contributed by atoms with Gasteiger partial charge in [-0.3, -0.25) is 4.72 Å². The van der Waals surface area contributed by atoms with E-state index in [0.29, 0.717) is 35.7 Å². The quantitative estimate of drug-likeness (QED) is 0.514. The van der Waals surface area contributed by atoms with Crippen molar-refractivity contribution >= 4 is 43.0 Å². The molecule has 0 atom stereocenters. The number of sulfonamides is 2. The van der Waals surface area contributed by atoms with Crippen molar-refractivity contribution < 1.29 is 16.8 Å². The molecule has 0 spiro atoms. The Bertz CT molecular complexity index is 1100. The van der Waals surface area contributed by atoms with Crippen LogP contribution in [0.1, 0.15) is 32.3 Å². The van der Waals surface area contributed by atoms with Gasteiger partial charge in [-0.15, -0.1) is 0 Å². The van der Waals surface area contributed by atoms with Crippen LogP contribution in [-0.2, 0) is 26.6 Å². The van der Waals surface area contributed by atoms with E-state index in [1.807, 2.05) is 25.9 Å². The first-order valence-corrected chi connectivity index (χ1v) is 13.5. The molecular weight excluding hydrogens is 458 g/mol. The summed E-state index contributed by atoms with van der Waals surface area (Å²) in [5, 5.41) is 0.346. The molecule has 2 aromatic rings. The molecule has 0 aliphatic rings. The van der Waals surface area contributed by atoms with E-state index < -0.39 is 20.0 Å². The van der Waals surface area contributed by atoms with E-state index in [0.717, 1.165) is 5.69 Å². The number of hydrogen-bond donors (Lipinski definition) is 1. The molecule has 0 aromatic heterocycles. The van der Waals surface area contributed by atoms with Gasteiger partial charge in [0.05, 0.1) is 10.6 Å². The predicted octanol–water partition coefficient (Wildman–Crippen LogP) is 4.16. The van der Waals surface area contributed by atoms with Crippen LogP contribution in [-0.4, -0.2) is 47.5 Å². The number of nitrogens with one attached hydrogen (secondary N) is 1. The molecule has 2 aromatic carbocycles. The molecule has 0 heterocycles. The summed E-state index contributed by atoms with van der Waals surface area (Å²) in [6, 6.07) is 11.3. The van der Waals surface area contributed by atoms with Crippen molar-refractivity contribution in [3.63, 3.8) is 0 Å². The highest BCUT2D eigenvalue weighted by Gasteiger charge is 2.25. The maximum Gasteiger partial charge on any atom is 0.243 e. The van der Waals surface area contributed by atoms with Gasteiger partial charge >= 0.3 is 0 Å². The summed E-state index contributed by atoms with van der Waals surface area (Å²) in [5.41, 5.74) is 1.91. The van der Waals surface area contributed by atoms with Crippen LogP contribution in [0, 0.1) is 0 Å². The Hall–Kier alpha value is -1.81. The van der Waals surface area contributed by atoms with Gasteiger partial charge < -0.3 is 4.90 Å². The lowest BCUT2D eigenvalue weighted by Gasteiger charge is -2.25. The Balaban J connectivity index is 2.47. The summed E-state index contributed by atoms with van der Waals surface area (Å²) in [7, 11) is -3.54. The molecule has 2 rings (SSSR count). The molecule has 0 aliphatic heterocycles. The van der Waals surface area contributed by atoms with Gasteiger partial charge in [-0.1, -0.05) is 31.5 Å². The zero-order valence-electron chi connectivity index (χ0n) is 18.3. The normalized spacial score (nSPS) is 12.2. The third-order valence-corrected chi connectivity index (χ3v) is 8.13. The van der Waals surface area contributed by atoms with E-state index >= 15 is 0 Å². The molecule has 1 N–H and O–H groups in total. The summed E-state index contributed by atoms with van der Waals surface area (Å²) in [6.07, 6.45) is 1.13. The number of nitrogens with zero attached hydrogens (tertiary/aromatic N) is 2. The van der Waals surface area contributed by atoms with E-state index in [1.165, 1.54) is 16.4 Å². The van der Waals surface area contributed by atoms with Crippen molar-refractivity contribution in [2.75, 3.05) is 36.0 Å². The molecule has 0 amide bonds. The van der Waals surface area contributed by atoms with Crippen molar-refractivity contribution in [2.45, 2.75) is 38.1 Å². The van der Waals surface area contributed by atoms with Crippen LogP contribution in [0.15, 0.2) is 47.4 Å². The zero-order valence-corrected chi connectivity index (χ0v) is 20.7. The Morgan fingerprint density at radius 1 is 0.968 bits per heavy atom. The molecule has 0 saturated heterocycles. The van der Waals surface area contributed by atoms with Gasteiger partial charge in [-0.25, -0.2) is 16.8 Å². The Labute approximate surface area is 191 Å².